The van der Waals surface area contributed by atoms with Gasteiger partial charge in [-0.2, -0.15) is 0 Å². The van der Waals surface area contributed by atoms with Crippen LogP contribution in [0.5, 0.6) is 0 Å². The van der Waals surface area contributed by atoms with Crippen molar-refractivity contribution in [1.82, 2.24) is 0 Å². The first-order valence-electron chi connectivity index (χ1n) is 6.61. The Bertz CT molecular complexity index is 267. The molecule has 0 saturated heterocycles. The molecule has 0 aliphatic heterocycles. The van der Waals surface area contributed by atoms with Gasteiger partial charge in [-0.05, 0) is 0 Å². The van der Waals surface area contributed by atoms with Gasteiger partial charge in [0.05, 0.1) is 0 Å². The zero-order chi connectivity index (χ0) is 12.7. The second kappa shape index (κ2) is 8.39. The number of carbonyl (C=O) groups excluding carboxylic acids is 1. The van der Waals surface area contributed by atoms with E-state index in [1.165, 1.54) is 35.9 Å². The third kappa shape index (κ3) is 7.33. The fourth-order valence-corrected chi connectivity index (χ4v) is 5.39. The van der Waals surface area contributed by atoms with Crippen LogP contribution in [0.4, 0.5) is 0 Å². The van der Waals surface area contributed by atoms with Crippen molar-refractivity contribution >= 4 is 31.4 Å². The Labute approximate surface area is 116 Å². The van der Waals surface area contributed by atoms with Gasteiger partial charge in [0.1, 0.15) is 0 Å². The molecule has 1 rings (SSSR count). The van der Waals surface area contributed by atoms with Crippen molar-refractivity contribution in [3.05, 3.63) is 9.88 Å². The molecule has 0 aromatic rings. The second-order valence-corrected chi connectivity index (χ2v) is 9.38. The minimum absolute atomic E-state index is 0.0665. The number of allylic oxidation sites excluding steroid dienone is 1. The number of hydrogen-bond acceptors (Lipinski definition) is 2. The van der Waals surface area contributed by atoms with Crippen molar-refractivity contribution in [2.24, 2.45) is 11.8 Å². The normalized spacial score (nSPS) is 18.7. The van der Waals surface area contributed by atoms with Crippen LogP contribution >= 0.6 is 11.8 Å². The van der Waals surface area contributed by atoms with E-state index in [1.54, 1.807) is 6.92 Å². The predicted molar refractivity (Wildman–Crippen MR) is 78.4 cm³/mol. The van der Waals surface area contributed by atoms with Crippen molar-refractivity contribution < 1.29 is 4.79 Å². The average Bonchev–Trinajstić information content (AvgIpc) is 2.26. The molecule has 1 saturated carbocycles. The van der Waals surface area contributed by atoms with Gasteiger partial charge in [0.25, 0.3) is 0 Å². The Kier molecular flexibility index (Phi) is 7.57. The van der Waals surface area contributed by atoms with Crippen LogP contribution in [0.3, 0.4) is 0 Å². The van der Waals surface area contributed by atoms with E-state index >= 15 is 0 Å². The Hall–Kier alpha value is 0.279. The molecule has 0 aromatic carbocycles. The average molecular weight is 319 g/mol. The molecule has 1 fully saturated rings. The Morgan fingerprint density at radius 1 is 1.35 bits per heavy atom. The van der Waals surface area contributed by atoms with Crippen molar-refractivity contribution in [2.75, 3.05) is 5.75 Å². The molecule has 0 atom stereocenters. The van der Waals surface area contributed by atoms with Crippen LogP contribution in [0.15, 0.2) is 9.88 Å². The topological polar surface area (TPSA) is 17.1 Å². The first-order valence-corrected chi connectivity index (χ1v) is 9.31. The molecule has 0 radical (unpaired) electrons. The van der Waals surface area contributed by atoms with E-state index in [9.17, 15) is 4.79 Å². The Morgan fingerprint density at radius 3 is 2.53 bits per heavy atom. The molecule has 1 nitrogen and oxygen atoms in total. The summed E-state index contributed by atoms with van der Waals surface area (Å²) in [6, 6.07) is 0. The molecule has 98 valence electrons. The number of carbonyl (C=O) groups is 1. The second-order valence-electron chi connectivity index (χ2n) is 5.18. The molecule has 0 bridgehead atoms. The summed E-state index contributed by atoms with van der Waals surface area (Å²) >= 11 is 1.99. The third-order valence-electron chi connectivity index (χ3n) is 2.82. The molecule has 0 spiro atoms. The number of hydrogen-bond donors (Lipinski definition) is 0. The number of rotatable bonds is 6. The molecule has 0 amide bonds. The van der Waals surface area contributed by atoms with Crippen LogP contribution in [0, 0.1) is 11.8 Å². The summed E-state index contributed by atoms with van der Waals surface area (Å²) in [5.41, 5.74) is 0. The molecule has 0 unspecified atom stereocenters. The molecule has 1 aliphatic carbocycles. The summed E-state index contributed by atoms with van der Waals surface area (Å²) < 4.78 is 1.74. The summed E-state index contributed by atoms with van der Waals surface area (Å²) in [6.07, 6.45) is 9.23. The fraction of sp³-hybridized carbons (Fsp3) is 0.786. The van der Waals surface area contributed by atoms with Crippen molar-refractivity contribution in [3.8, 4) is 0 Å². The first kappa shape index (κ1) is 15.3. The van der Waals surface area contributed by atoms with Crippen LogP contribution in [-0.2, 0) is 4.79 Å². The first-order chi connectivity index (χ1) is 8.08. The van der Waals surface area contributed by atoms with Gasteiger partial charge < -0.3 is 0 Å². The third-order valence-corrected chi connectivity index (χ3v) is 6.56. The van der Waals surface area contributed by atoms with Gasteiger partial charge in [-0.3, -0.25) is 0 Å². The van der Waals surface area contributed by atoms with E-state index in [2.05, 4.69) is 19.9 Å². The van der Waals surface area contributed by atoms with Gasteiger partial charge in [-0.15, -0.1) is 0 Å². The molecule has 17 heavy (non-hydrogen) atoms. The van der Waals surface area contributed by atoms with E-state index in [0.29, 0.717) is 10.6 Å². The minimum atomic E-state index is 0.0665. The van der Waals surface area contributed by atoms with Gasteiger partial charge in [-0.1, -0.05) is 0 Å². The van der Waals surface area contributed by atoms with E-state index in [-0.39, 0.29) is 15.0 Å². The summed E-state index contributed by atoms with van der Waals surface area (Å²) in [6.45, 7) is 6.21. The fourth-order valence-electron chi connectivity index (χ4n) is 2.00. The van der Waals surface area contributed by atoms with Gasteiger partial charge >= 0.3 is 117 Å². The van der Waals surface area contributed by atoms with Crippen LogP contribution < -0.4 is 0 Å². The predicted octanol–water partition coefficient (Wildman–Crippen LogP) is 4.05. The zero-order valence-corrected chi connectivity index (χ0v) is 13.7. The standard InChI is InChI=1S/C14H24OSSe/c1-11(2)10-16-14(17-12(3)15)9-13-7-5-4-6-8-13/h9,11,13H,4-8,10H2,1-3H3/b14-9+. The Balaban J connectivity index is 2.52. The molecule has 0 heterocycles. The van der Waals surface area contributed by atoms with Gasteiger partial charge in [0.15, 0.2) is 0 Å². The van der Waals surface area contributed by atoms with Crippen LogP contribution in [0.1, 0.15) is 52.9 Å². The van der Waals surface area contributed by atoms with Crippen molar-refractivity contribution in [3.63, 3.8) is 0 Å². The SMILES string of the molecule is CC(=O)[Se]/C(=C/C1CCCCC1)SCC(C)C. The summed E-state index contributed by atoms with van der Waals surface area (Å²) in [4.78, 5) is 11.3. The maximum absolute atomic E-state index is 11.3. The quantitative estimate of drug-likeness (QED) is 0.687. The van der Waals surface area contributed by atoms with E-state index in [1.807, 2.05) is 11.8 Å². The summed E-state index contributed by atoms with van der Waals surface area (Å²) in [7, 11) is 0. The zero-order valence-electron chi connectivity index (χ0n) is 11.2. The maximum atomic E-state index is 11.3. The van der Waals surface area contributed by atoms with Crippen LogP contribution in [-0.4, -0.2) is 25.4 Å². The summed E-state index contributed by atoms with van der Waals surface area (Å²) in [5.74, 6) is 2.60. The van der Waals surface area contributed by atoms with Gasteiger partial charge in [-0.25, -0.2) is 0 Å². The van der Waals surface area contributed by atoms with E-state index in [4.69, 9.17) is 0 Å². The molecule has 1 aliphatic rings. The van der Waals surface area contributed by atoms with Crippen molar-refractivity contribution in [1.29, 1.82) is 0 Å². The molecule has 0 aromatic heterocycles. The van der Waals surface area contributed by atoms with Gasteiger partial charge in [0.2, 0.25) is 0 Å². The molecule has 0 N–H and O–H groups in total. The molecular weight excluding hydrogens is 295 g/mol. The van der Waals surface area contributed by atoms with Gasteiger partial charge in [0, 0.05) is 0 Å². The van der Waals surface area contributed by atoms with Crippen LogP contribution in [0.2, 0.25) is 0 Å². The van der Waals surface area contributed by atoms with Crippen LogP contribution in [0.25, 0.3) is 0 Å². The van der Waals surface area contributed by atoms with E-state index in [0.717, 1.165) is 11.7 Å². The number of thioether (sulfide) groups is 1. The van der Waals surface area contributed by atoms with E-state index < -0.39 is 0 Å². The monoisotopic (exact) mass is 320 g/mol. The van der Waals surface area contributed by atoms with Crippen molar-refractivity contribution in [2.45, 2.75) is 52.9 Å². The molecular formula is C14H24OSSe. The molecule has 3 heteroatoms. The summed E-state index contributed by atoms with van der Waals surface area (Å²) in [5, 5.41) is 0. The Morgan fingerprint density at radius 2 is 2.00 bits per heavy atom.